The maximum atomic E-state index is 11.8. The van der Waals surface area contributed by atoms with Gasteiger partial charge in [-0.3, -0.25) is 4.79 Å². The Hall–Kier alpha value is -0.870. The standard InChI is InChI=1S/C14H21ClN2OS/c1-9(2)10(3)19-7-6-14(18)17-13-8-11(15)4-5-12(13)16/h4-5,8-10H,6-7,16H2,1-3H3,(H,17,18). The van der Waals surface area contributed by atoms with E-state index in [-0.39, 0.29) is 5.91 Å². The lowest BCUT2D eigenvalue weighted by molar-refractivity contribution is -0.115. The van der Waals surface area contributed by atoms with Crippen LogP contribution in [0.1, 0.15) is 27.2 Å². The highest BCUT2D eigenvalue weighted by Gasteiger charge is 2.10. The molecular formula is C14H21ClN2OS. The molecule has 0 saturated carbocycles. The van der Waals surface area contributed by atoms with E-state index in [1.807, 2.05) is 11.8 Å². The average molecular weight is 301 g/mol. The number of nitrogen functional groups attached to an aromatic ring is 1. The number of nitrogens with two attached hydrogens (primary N) is 1. The van der Waals surface area contributed by atoms with Crippen molar-refractivity contribution >= 4 is 40.6 Å². The van der Waals surface area contributed by atoms with E-state index < -0.39 is 0 Å². The first-order valence-corrected chi connectivity index (χ1v) is 7.79. The number of halogens is 1. The summed E-state index contributed by atoms with van der Waals surface area (Å²) in [6.07, 6.45) is 0.480. The third kappa shape index (κ3) is 5.74. The molecule has 3 nitrogen and oxygen atoms in total. The minimum Gasteiger partial charge on any atom is -0.397 e. The number of hydrogen-bond donors (Lipinski definition) is 2. The van der Waals surface area contributed by atoms with Crippen LogP contribution in [0.4, 0.5) is 11.4 Å². The van der Waals surface area contributed by atoms with Gasteiger partial charge in [0.2, 0.25) is 5.91 Å². The van der Waals surface area contributed by atoms with Gasteiger partial charge in [0.05, 0.1) is 11.4 Å². The Balaban J connectivity index is 2.41. The fraction of sp³-hybridized carbons (Fsp3) is 0.500. The largest absolute Gasteiger partial charge is 0.397 e. The highest BCUT2D eigenvalue weighted by Crippen LogP contribution is 2.24. The van der Waals surface area contributed by atoms with Crippen molar-refractivity contribution in [2.75, 3.05) is 16.8 Å². The Bertz CT molecular complexity index is 437. The predicted octanol–water partition coefficient (Wildman–Crippen LogP) is 4.03. The molecule has 106 valence electrons. The molecule has 0 fully saturated rings. The first-order chi connectivity index (χ1) is 8.90. The molecular weight excluding hydrogens is 280 g/mol. The molecule has 1 unspecified atom stereocenters. The summed E-state index contributed by atoms with van der Waals surface area (Å²) in [6, 6.07) is 5.05. The highest BCUT2D eigenvalue weighted by atomic mass is 35.5. The molecule has 3 N–H and O–H groups in total. The molecule has 1 aromatic carbocycles. The molecule has 19 heavy (non-hydrogen) atoms. The van der Waals surface area contributed by atoms with Crippen LogP contribution < -0.4 is 11.1 Å². The number of nitrogens with one attached hydrogen (secondary N) is 1. The Kier molecular flexibility index (Phi) is 6.52. The van der Waals surface area contributed by atoms with Crippen LogP contribution in [0.15, 0.2) is 18.2 Å². The molecule has 0 radical (unpaired) electrons. The molecule has 0 aliphatic carbocycles. The smallest absolute Gasteiger partial charge is 0.225 e. The number of hydrogen-bond acceptors (Lipinski definition) is 3. The highest BCUT2D eigenvalue weighted by molar-refractivity contribution is 7.99. The second kappa shape index (κ2) is 7.65. The summed E-state index contributed by atoms with van der Waals surface area (Å²) in [5.74, 6) is 1.40. The van der Waals surface area contributed by atoms with E-state index >= 15 is 0 Å². The summed E-state index contributed by atoms with van der Waals surface area (Å²) >= 11 is 7.68. The van der Waals surface area contributed by atoms with Crippen molar-refractivity contribution in [3.63, 3.8) is 0 Å². The van der Waals surface area contributed by atoms with Gasteiger partial charge < -0.3 is 11.1 Å². The predicted molar refractivity (Wildman–Crippen MR) is 85.9 cm³/mol. The zero-order chi connectivity index (χ0) is 14.4. The Morgan fingerprint density at radius 2 is 2.11 bits per heavy atom. The fourth-order valence-corrected chi connectivity index (χ4v) is 2.61. The van der Waals surface area contributed by atoms with Gasteiger partial charge >= 0.3 is 0 Å². The molecule has 1 aromatic rings. The van der Waals surface area contributed by atoms with Crippen molar-refractivity contribution in [1.82, 2.24) is 0 Å². The molecule has 0 bridgehead atoms. The third-order valence-electron chi connectivity index (χ3n) is 2.94. The molecule has 0 heterocycles. The van der Waals surface area contributed by atoms with Gasteiger partial charge in [-0.05, 0) is 24.1 Å². The molecule has 0 aromatic heterocycles. The number of benzene rings is 1. The van der Waals surface area contributed by atoms with E-state index in [4.69, 9.17) is 17.3 Å². The molecule has 0 spiro atoms. The van der Waals surface area contributed by atoms with E-state index in [2.05, 4.69) is 26.1 Å². The SMILES string of the molecule is CC(C)C(C)SCCC(=O)Nc1cc(Cl)ccc1N. The number of amides is 1. The van der Waals surface area contributed by atoms with Crippen LogP contribution in [-0.4, -0.2) is 16.9 Å². The molecule has 5 heteroatoms. The number of thioether (sulfide) groups is 1. The van der Waals surface area contributed by atoms with Crippen LogP contribution in [0.5, 0.6) is 0 Å². The van der Waals surface area contributed by atoms with Gasteiger partial charge in [0.1, 0.15) is 0 Å². The second-order valence-electron chi connectivity index (χ2n) is 4.85. The van der Waals surface area contributed by atoms with Gasteiger partial charge in [-0.15, -0.1) is 0 Å². The molecule has 1 amide bonds. The van der Waals surface area contributed by atoms with E-state index in [0.717, 1.165) is 5.75 Å². The van der Waals surface area contributed by atoms with Crippen LogP contribution in [0.2, 0.25) is 5.02 Å². The summed E-state index contributed by atoms with van der Waals surface area (Å²) < 4.78 is 0. The maximum absolute atomic E-state index is 11.8. The van der Waals surface area contributed by atoms with Gasteiger partial charge in [-0.2, -0.15) is 11.8 Å². The Morgan fingerprint density at radius 1 is 1.42 bits per heavy atom. The summed E-state index contributed by atoms with van der Waals surface area (Å²) in [7, 11) is 0. The van der Waals surface area contributed by atoms with Gasteiger partial charge in [0.25, 0.3) is 0 Å². The van der Waals surface area contributed by atoms with Gasteiger partial charge in [-0.25, -0.2) is 0 Å². The summed E-state index contributed by atoms with van der Waals surface area (Å²) in [5, 5.41) is 3.91. The molecule has 0 aliphatic heterocycles. The van der Waals surface area contributed by atoms with E-state index in [0.29, 0.717) is 34.0 Å². The number of carbonyl (C=O) groups is 1. The summed E-state index contributed by atoms with van der Waals surface area (Å²) in [5.41, 5.74) is 6.89. The lowest BCUT2D eigenvalue weighted by Crippen LogP contribution is -2.15. The molecule has 1 atom stereocenters. The third-order valence-corrected chi connectivity index (χ3v) is 4.68. The van der Waals surface area contributed by atoms with E-state index in [1.165, 1.54) is 0 Å². The fourth-order valence-electron chi connectivity index (χ4n) is 1.38. The zero-order valence-corrected chi connectivity index (χ0v) is 13.1. The number of carbonyl (C=O) groups excluding carboxylic acids is 1. The molecule has 1 rings (SSSR count). The van der Waals surface area contributed by atoms with Gasteiger partial charge in [-0.1, -0.05) is 32.4 Å². The van der Waals surface area contributed by atoms with Crippen LogP contribution in [0.25, 0.3) is 0 Å². The molecule has 0 aliphatic rings. The minimum absolute atomic E-state index is 0.0302. The zero-order valence-electron chi connectivity index (χ0n) is 11.6. The van der Waals surface area contributed by atoms with E-state index in [1.54, 1.807) is 18.2 Å². The number of rotatable bonds is 6. The van der Waals surface area contributed by atoms with E-state index in [9.17, 15) is 4.79 Å². The number of anilines is 2. The maximum Gasteiger partial charge on any atom is 0.225 e. The monoisotopic (exact) mass is 300 g/mol. The van der Waals surface area contributed by atoms with Crippen molar-refractivity contribution in [2.24, 2.45) is 5.92 Å². The van der Waals surface area contributed by atoms with Crippen LogP contribution in [0, 0.1) is 5.92 Å². The summed E-state index contributed by atoms with van der Waals surface area (Å²) in [6.45, 7) is 6.55. The van der Waals surface area contributed by atoms with Crippen LogP contribution in [-0.2, 0) is 4.79 Å². The lowest BCUT2D eigenvalue weighted by Gasteiger charge is -2.14. The first-order valence-electron chi connectivity index (χ1n) is 6.36. The second-order valence-corrected chi connectivity index (χ2v) is 6.77. The minimum atomic E-state index is -0.0302. The quantitative estimate of drug-likeness (QED) is 0.780. The van der Waals surface area contributed by atoms with Crippen LogP contribution in [0.3, 0.4) is 0 Å². The van der Waals surface area contributed by atoms with Crippen molar-refractivity contribution in [1.29, 1.82) is 0 Å². The average Bonchev–Trinajstić information content (AvgIpc) is 2.33. The summed E-state index contributed by atoms with van der Waals surface area (Å²) in [4.78, 5) is 11.8. The van der Waals surface area contributed by atoms with Crippen molar-refractivity contribution in [3.8, 4) is 0 Å². The van der Waals surface area contributed by atoms with Crippen molar-refractivity contribution in [2.45, 2.75) is 32.4 Å². The topological polar surface area (TPSA) is 55.1 Å². The molecule has 0 saturated heterocycles. The van der Waals surface area contributed by atoms with Gasteiger partial charge in [0.15, 0.2) is 0 Å². The van der Waals surface area contributed by atoms with Crippen molar-refractivity contribution < 1.29 is 4.79 Å². The van der Waals surface area contributed by atoms with Gasteiger partial charge in [0, 0.05) is 22.4 Å². The first kappa shape index (κ1) is 16.2. The Labute approximate surface area is 124 Å². The normalized spacial score (nSPS) is 12.5. The van der Waals surface area contributed by atoms with Crippen molar-refractivity contribution in [3.05, 3.63) is 23.2 Å². The Morgan fingerprint density at radius 3 is 2.74 bits per heavy atom. The van der Waals surface area contributed by atoms with Crippen LogP contribution >= 0.6 is 23.4 Å². The lowest BCUT2D eigenvalue weighted by atomic mass is 10.2.